The lowest BCUT2D eigenvalue weighted by Crippen LogP contribution is -2.32. The monoisotopic (exact) mass is 459 g/mol. The molecule has 0 amide bonds. The maximum absolute atomic E-state index is 12.8. The van der Waals surface area contributed by atoms with E-state index in [1.807, 2.05) is 0 Å². The number of hydrogen-bond donors (Lipinski definition) is 1. The lowest BCUT2D eigenvalue weighted by atomic mass is 10.2. The first-order valence-electron chi connectivity index (χ1n) is 8.47. The van der Waals surface area contributed by atoms with Crippen LogP contribution in [0.3, 0.4) is 0 Å². The fraction of sp³-hybridized carbons (Fsp3) is 0.150. The van der Waals surface area contributed by atoms with Crippen molar-refractivity contribution in [2.24, 2.45) is 5.10 Å². The third-order valence-electron chi connectivity index (χ3n) is 4.02. The van der Waals surface area contributed by atoms with E-state index in [0.29, 0.717) is 39.4 Å². The highest BCUT2D eigenvalue weighted by atomic mass is 79.9. The molecule has 29 heavy (non-hydrogen) atoms. The van der Waals surface area contributed by atoms with Gasteiger partial charge in [-0.1, -0.05) is 12.7 Å². The Kier molecular flexibility index (Phi) is 6.18. The molecule has 0 fully saturated rings. The summed E-state index contributed by atoms with van der Waals surface area (Å²) in [5.74, 6) is 1.42. The Hall–Kier alpha value is -3.33. The average molecular weight is 460 g/mol. The molecule has 1 N–H and O–H groups in total. The normalized spacial score (nSPS) is 11.0. The van der Waals surface area contributed by atoms with Crippen LogP contribution in [0, 0.1) is 0 Å². The van der Waals surface area contributed by atoms with Crippen molar-refractivity contribution in [3.05, 3.63) is 73.9 Å². The molecule has 0 bridgehead atoms. The van der Waals surface area contributed by atoms with Gasteiger partial charge < -0.3 is 19.2 Å². The third kappa shape index (κ3) is 4.24. The van der Waals surface area contributed by atoms with Crippen LogP contribution in [-0.2, 0) is 0 Å². The standard InChI is InChI=1S/C20H18BrN3O5/c1-4-7-29-16-6-5-12(8-14(16)21)11-22-24-19(25)13-9-17(27-2)18(28-3)10-15(13)23-20(24)26/h4-6,8-11H,1,7H2,2-3H3,(H,23,26)/b22-11-. The summed E-state index contributed by atoms with van der Waals surface area (Å²) in [6.07, 6.45) is 3.05. The van der Waals surface area contributed by atoms with E-state index in [4.69, 9.17) is 14.2 Å². The summed E-state index contributed by atoms with van der Waals surface area (Å²) >= 11 is 3.41. The molecule has 0 saturated heterocycles. The van der Waals surface area contributed by atoms with E-state index in [0.717, 1.165) is 4.68 Å². The fourth-order valence-electron chi connectivity index (χ4n) is 2.63. The van der Waals surface area contributed by atoms with Gasteiger partial charge in [0.15, 0.2) is 11.5 Å². The average Bonchev–Trinajstić information content (AvgIpc) is 2.72. The molecule has 9 heteroatoms. The van der Waals surface area contributed by atoms with Crippen LogP contribution in [0.2, 0.25) is 0 Å². The van der Waals surface area contributed by atoms with Crippen molar-refractivity contribution >= 4 is 33.0 Å². The second kappa shape index (κ2) is 8.78. The highest BCUT2D eigenvalue weighted by Gasteiger charge is 2.12. The van der Waals surface area contributed by atoms with Crippen molar-refractivity contribution in [3.63, 3.8) is 0 Å². The van der Waals surface area contributed by atoms with Crippen molar-refractivity contribution in [1.29, 1.82) is 0 Å². The van der Waals surface area contributed by atoms with Crippen molar-refractivity contribution in [2.45, 2.75) is 0 Å². The molecule has 0 atom stereocenters. The number of halogens is 1. The molecule has 2 aromatic carbocycles. The van der Waals surface area contributed by atoms with Gasteiger partial charge in [0, 0.05) is 6.07 Å². The Morgan fingerprint density at radius 2 is 1.86 bits per heavy atom. The highest BCUT2D eigenvalue weighted by molar-refractivity contribution is 9.10. The van der Waals surface area contributed by atoms with Crippen LogP contribution in [0.25, 0.3) is 10.9 Å². The van der Waals surface area contributed by atoms with Gasteiger partial charge in [0.2, 0.25) is 0 Å². The Bertz CT molecular complexity index is 1210. The van der Waals surface area contributed by atoms with Crippen molar-refractivity contribution < 1.29 is 14.2 Å². The number of aromatic nitrogens is 2. The van der Waals surface area contributed by atoms with Crippen LogP contribution in [0.1, 0.15) is 5.56 Å². The largest absolute Gasteiger partial charge is 0.493 e. The summed E-state index contributed by atoms with van der Waals surface area (Å²) in [7, 11) is 2.94. The molecule has 0 aliphatic carbocycles. The summed E-state index contributed by atoms with van der Waals surface area (Å²) in [6, 6.07) is 8.29. The Morgan fingerprint density at radius 3 is 2.52 bits per heavy atom. The first-order chi connectivity index (χ1) is 14.0. The van der Waals surface area contributed by atoms with E-state index in [1.54, 1.807) is 24.3 Å². The number of aromatic amines is 1. The predicted octanol–water partition coefficient (Wildman–Crippen LogP) is 2.92. The van der Waals surface area contributed by atoms with Crippen molar-refractivity contribution in [2.75, 3.05) is 20.8 Å². The Balaban J connectivity index is 2.02. The van der Waals surface area contributed by atoms with E-state index in [-0.39, 0.29) is 5.39 Å². The van der Waals surface area contributed by atoms with E-state index in [2.05, 4.69) is 32.6 Å². The van der Waals surface area contributed by atoms with Gasteiger partial charge >= 0.3 is 5.69 Å². The number of ether oxygens (including phenoxy) is 3. The van der Waals surface area contributed by atoms with Gasteiger partial charge in [0.1, 0.15) is 12.4 Å². The molecule has 0 aliphatic rings. The third-order valence-corrected chi connectivity index (χ3v) is 4.64. The molecular weight excluding hydrogens is 442 g/mol. The molecule has 0 radical (unpaired) electrons. The van der Waals surface area contributed by atoms with Gasteiger partial charge in [-0.05, 0) is 45.8 Å². The van der Waals surface area contributed by atoms with Crippen molar-refractivity contribution in [1.82, 2.24) is 9.66 Å². The Labute approximate surface area is 174 Å². The number of rotatable bonds is 7. The number of nitrogens with one attached hydrogen (secondary N) is 1. The molecule has 0 unspecified atom stereocenters. The summed E-state index contributed by atoms with van der Waals surface area (Å²) in [4.78, 5) is 27.7. The minimum atomic E-state index is -0.670. The molecule has 8 nitrogen and oxygen atoms in total. The molecule has 0 aliphatic heterocycles. The van der Waals surface area contributed by atoms with Crippen molar-refractivity contribution in [3.8, 4) is 17.2 Å². The molecule has 1 heterocycles. The van der Waals surface area contributed by atoms with Gasteiger partial charge in [0.25, 0.3) is 5.56 Å². The Morgan fingerprint density at radius 1 is 1.14 bits per heavy atom. The lowest BCUT2D eigenvalue weighted by Gasteiger charge is -2.09. The van der Waals surface area contributed by atoms with Crippen LogP contribution in [-0.4, -0.2) is 36.7 Å². The van der Waals surface area contributed by atoms with E-state index >= 15 is 0 Å². The summed E-state index contributed by atoms with van der Waals surface area (Å²) in [6.45, 7) is 3.98. The fourth-order valence-corrected chi connectivity index (χ4v) is 3.14. The molecule has 150 valence electrons. The van der Waals surface area contributed by atoms with E-state index < -0.39 is 11.2 Å². The predicted molar refractivity (Wildman–Crippen MR) is 115 cm³/mol. The second-order valence-electron chi connectivity index (χ2n) is 5.83. The SMILES string of the molecule is C=CCOc1ccc(/C=N\n2c(=O)[nH]c3cc(OC)c(OC)cc3c2=O)cc1Br. The van der Waals surface area contributed by atoms with E-state index in [9.17, 15) is 9.59 Å². The smallest absolute Gasteiger partial charge is 0.349 e. The number of H-pyrrole nitrogens is 1. The zero-order chi connectivity index (χ0) is 21.0. The van der Waals surface area contributed by atoms with Gasteiger partial charge in [-0.25, -0.2) is 4.79 Å². The van der Waals surface area contributed by atoms with E-state index in [1.165, 1.54) is 32.6 Å². The molecule has 1 aromatic heterocycles. The lowest BCUT2D eigenvalue weighted by molar-refractivity contribution is 0.355. The van der Waals surface area contributed by atoms with Crippen LogP contribution < -0.4 is 25.5 Å². The van der Waals surface area contributed by atoms with Crippen LogP contribution in [0.4, 0.5) is 0 Å². The maximum atomic E-state index is 12.8. The summed E-state index contributed by atoms with van der Waals surface area (Å²) in [5.41, 5.74) is -0.251. The molecule has 3 rings (SSSR count). The number of methoxy groups -OCH3 is 2. The summed E-state index contributed by atoms with van der Waals surface area (Å²) in [5, 5.41) is 4.29. The molecule has 3 aromatic rings. The van der Waals surface area contributed by atoms with Gasteiger partial charge in [-0.2, -0.15) is 5.10 Å². The van der Waals surface area contributed by atoms with Crippen LogP contribution >= 0.6 is 15.9 Å². The van der Waals surface area contributed by atoms with Gasteiger partial charge in [-0.3, -0.25) is 4.79 Å². The molecule has 0 saturated carbocycles. The number of benzene rings is 2. The minimum Gasteiger partial charge on any atom is -0.493 e. The second-order valence-corrected chi connectivity index (χ2v) is 6.69. The zero-order valence-electron chi connectivity index (χ0n) is 15.8. The quantitative estimate of drug-likeness (QED) is 0.432. The molecular formula is C20H18BrN3O5. The topological polar surface area (TPSA) is 94.9 Å². The molecule has 0 spiro atoms. The highest BCUT2D eigenvalue weighted by Crippen LogP contribution is 2.29. The maximum Gasteiger partial charge on any atom is 0.349 e. The van der Waals surface area contributed by atoms with Crippen LogP contribution in [0.5, 0.6) is 17.2 Å². The summed E-state index contributed by atoms with van der Waals surface area (Å²) < 4.78 is 17.4. The first-order valence-corrected chi connectivity index (χ1v) is 9.26. The number of nitrogens with zero attached hydrogens (tertiary/aromatic N) is 2. The number of fused-ring (bicyclic) bond motifs is 1. The van der Waals surface area contributed by atoms with Gasteiger partial charge in [0.05, 0.1) is 35.8 Å². The van der Waals surface area contributed by atoms with Gasteiger partial charge in [-0.15, -0.1) is 4.68 Å². The minimum absolute atomic E-state index is 0.244. The zero-order valence-corrected chi connectivity index (χ0v) is 17.4. The first kappa shape index (κ1) is 20.4. The number of hydrogen-bond acceptors (Lipinski definition) is 6. The van der Waals surface area contributed by atoms with Crippen LogP contribution in [0.15, 0.2) is 62.1 Å².